The molecule has 1 fully saturated rings. The van der Waals surface area contributed by atoms with Crippen LogP contribution < -0.4 is 5.32 Å². The normalized spacial score (nSPS) is 20.8. The number of carbonyl (C=O) groups is 1. The third kappa shape index (κ3) is 34.6. The van der Waals surface area contributed by atoms with E-state index in [2.05, 4.69) is 55.6 Å². The van der Waals surface area contributed by atoms with Gasteiger partial charge in [0.15, 0.2) is 6.29 Å². The smallest absolute Gasteiger partial charge is 0.249 e. The highest BCUT2D eigenvalue weighted by atomic mass is 16.7. The number of rotatable bonds is 48. The van der Waals surface area contributed by atoms with Gasteiger partial charge in [-0.15, -0.1) is 0 Å². The molecule has 11 heteroatoms. The zero-order chi connectivity index (χ0) is 49.7. The third-order valence-electron chi connectivity index (χ3n) is 13.6. The molecule has 1 heterocycles. The second-order valence-electron chi connectivity index (χ2n) is 20.0. The maximum atomic E-state index is 13.1. The van der Waals surface area contributed by atoms with Gasteiger partial charge in [-0.2, -0.15) is 0 Å². The monoisotopic (exact) mass is 966 g/mol. The Balaban J connectivity index is 2.24. The van der Waals surface area contributed by atoms with E-state index in [4.69, 9.17) is 9.47 Å². The molecule has 68 heavy (non-hydrogen) atoms. The number of hydrogen-bond acceptors (Lipinski definition) is 10. The number of aliphatic hydroxyl groups excluding tert-OH is 7. The van der Waals surface area contributed by atoms with Crippen molar-refractivity contribution in [3.63, 3.8) is 0 Å². The molecular weight excluding hydrogens is 859 g/mol. The predicted molar refractivity (Wildman–Crippen MR) is 279 cm³/mol. The van der Waals surface area contributed by atoms with Gasteiger partial charge in [-0.05, 0) is 77.0 Å². The first-order valence-corrected chi connectivity index (χ1v) is 28.4. The summed E-state index contributed by atoms with van der Waals surface area (Å²) in [7, 11) is 0. The van der Waals surface area contributed by atoms with E-state index in [0.717, 1.165) is 38.5 Å². The predicted octanol–water partition coefficient (Wildman–Crippen LogP) is 11.5. The summed E-state index contributed by atoms with van der Waals surface area (Å²) < 4.78 is 11.1. The Morgan fingerprint density at radius 1 is 0.500 bits per heavy atom. The molecule has 0 spiro atoms. The Bertz CT molecular complexity index is 1200. The summed E-state index contributed by atoms with van der Waals surface area (Å²) in [6.45, 7) is 3.40. The summed E-state index contributed by atoms with van der Waals surface area (Å²) in [6, 6.07) is -1.19. The minimum absolute atomic E-state index is 0.246. The summed E-state index contributed by atoms with van der Waals surface area (Å²) in [5.41, 5.74) is 0. The molecule has 400 valence electrons. The molecule has 1 aliphatic heterocycles. The van der Waals surface area contributed by atoms with Crippen LogP contribution in [0.5, 0.6) is 0 Å². The van der Waals surface area contributed by atoms with Crippen molar-refractivity contribution < 1.29 is 50.0 Å². The average Bonchev–Trinajstić information content (AvgIpc) is 3.34. The van der Waals surface area contributed by atoms with E-state index in [1.54, 1.807) is 0 Å². The van der Waals surface area contributed by atoms with Crippen LogP contribution in [0.1, 0.15) is 251 Å². The summed E-state index contributed by atoms with van der Waals surface area (Å²) in [5.74, 6) is -0.710. The molecule has 1 aliphatic rings. The number of ether oxygens (including phenoxy) is 2. The van der Waals surface area contributed by atoms with Crippen LogP contribution in [0, 0.1) is 0 Å². The lowest BCUT2D eigenvalue weighted by Crippen LogP contribution is -2.60. The van der Waals surface area contributed by atoms with Gasteiger partial charge in [0.05, 0.1) is 25.4 Å². The van der Waals surface area contributed by atoms with Crippen molar-refractivity contribution in [1.82, 2.24) is 5.32 Å². The molecule has 8 N–H and O–H groups in total. The third-order valence-corrected chi connectivity index (χ3v) is 13.6. The van der Waals surface area contributed by atoms with Crippen LogP contribution in [0.15, 0.2) is 36.5 Å². The van der Waals surface area contributed by atoms with E-state index in [-0.39, 0.29) is 12.8 Å². The van der Waals surface area contributed by atoms with E-state index in [0.29, 0.717) is 19.3 Å². The lowest BCUT2D eigenvalue weighted by Gasteiger charge is -2.40. The number of amides is 1. The second kappa shape index (κ2) is 46.4. The SMILES string of the molecule is CCCCC/C=C/CC/C=C/CCCC(O)C(O)C(COC1OC(CO)C(O)C(O)C1O)NC(=O)C(O)CCCCCCCCCCCCCCC/C=C\CCCCCCCCCCCCCC. The zero-order valence-corrected chi connectivity index (χ0v) is 43.6. The van der Waals surface area contributed by atoms with Gasteiger partial charge in [0.25, 0.3) is 0 Å². The zero-order valence-electron chi connectivity index (χ0n) is 43.6. The molecule has 0 bridgehead atoms. The fraction of sp³-hybridized carbons (Fsp3) is 0.877. The highest BCUT2D eigenvalue weighted by Crippen LogP contribution is 2.23. The number of hydrogen-bond donors (Lipinski definition) is 8. The van der Waals surface area contributed by atoms with Crippen molar-refractivity contribution in [3.8, 4) is 0 Å². The minimum atomic E-state index is -1.67. The molecule has 0 aliphatic carbocycles. The highest BCUT2D eigenvalue weighted by Gasteiger charge is 2.44. The van der Waals surface area contributed by atoms with Crippen molar-refractivity contribution >= 4 is 5.91 Å². The van der Waals surface area contributed by atoms with E-state index in [1.807, 2.05) is 0 Å². The van der Waals surface area contributed by atoms with Crippen LogP contribution in [0.4, 0.5) is 0 Å². The summed E-state index contributed by atoms with van der Waals surface area (Å²) in [4.78, 5) is 13.1. The lowest BCUT2D eigenvalue weighted by atomic mass is 9.98. The number of carbonyl (C=O) groups excluding carboxylic acids is 1. The average molecular weight is 966 g/mol. The molecule has 0 saturated carbocycles. The molecule has 1 rings (SSSR count). The van der Waals surface area contributed by atoms with Crippen LogP contribution in [-0.4, -0.2) is 110 Å². The molecule has 0 aromatic rings. The molecule has 1 saturated heterocycles. The molecule has 9 unspecified atom stereocenters. The molecule has 9 atom stereocenters. The number of allylic oxidation sites excluding steroid dienone is 6. The Morgan fingerprint density at radius 2 is 0.882 bits per heavy atom. The van der Waals surface area contributed by atoms with Gasteiger partial charge in [0.2, 0.25) is 5.91 Å². The van der Waals surface area contributed by atoms with Gasteiger partial charge in [0.1, 0.15) is 36.6 Å². The van der Waals surface area contributed by atoms with Gasteiger partial charge < -0.3 is 50.5 Å². The van der Waals surface area contributed by atoms with Crippen LogP contribution in [0.25, 0.3) is 0 Å². The molecular formula is C57H107NO10. The van der Waals surface area contributed by atoms with Crippen molar-refractivity contribution in [3.05, 3.63) is 36.5 Å². The molecule has 0 aromatic heterocycles. The van der Waals surface area contributed by atoms with Crippen LogP contribution in [0.2, 0.25) is 0 Å². The van der Waals surface area contributed by atoms with Gasteiger partial charge in [-0.25, -0.2) is 0 Å². The molecule has 0 radical (unpaired) electrons. The summed E-state index contributed by atoms with van der Waals surface area (Å²) >= 11 is 0. The Kier molecular flexibility index (Phi) is 43.9. The summed E-state index contributed by atoms with van der Waals surface area (Å²) in [6.07, 6.45) is 45.1. The van der Waals surface area contributed by atoms with Crippen molar-refractivity contribution in [2.24, 2.45) is 0 Å². The molecule has 1 amide bonds. The topological polar surface area (TPSA) is 189 Å². The minimum Gasteiger partial charge on any atom is -0.394 e. The Hall–Kier alpha value is -1.67. The number of unbranched alkanes of at least 4 members (excludes halogenated alkanes) is 30. The van der Waals surface area contributed by atoms with Crippen LogP contribution >= 0.6 is 0 Å². The van der Waals surface area contributed by atoms with Crippen molar-refractivity contribution in [1.29, 1.82) is 0 Å². The lowest BCUT2D eigenvalue weighted by molar-refractivity contribution is -0.303. The summed E-state index contributed by atoms with van der Waals surface area (Å²) in [5, 5.41) is 75.8. The largest absolute Gasteiger partial charge is 0.394 e. The Morgan fingerprint density at radius 3 is 1.34 bits per heavy atom. The number of nitrogens with one attached hydrogen (secondary N) is 1. The highest BCUT2D eigenvalue weighted by molar-refractivity contribution is 5.80. The molecule has 11 nitrogen and oxygen atoms in total. The maximum absolute atomic E-state index is 13.1. The first kappa shape index (κ1) is 64.3. The van der Waals surface area contributed by atoms with Gasteiger partial charge in [-0.1, -0.05) is 211 Å². The van der Waals surface area contributed by atoms with Crippen molar-refractivity contribution in [2.45, 2.75) is 306 Å². The van der Waals surface area contributed by atoms with E-state index in [9.17, 15) is 40.5 Å². The quantitative estimate of drug-likeness (QED) is 0.0215. The Labute approximate surface area is 416 Å². The van der Waals surface area contributed by atoms with Gasteiger partial charge >= 0.3 is 0 Å². The molecule has 0 aromatic carbocycles. The standard InChI is InChI=1S/C57H107NO10/c1-3-5-7-9-11-13-15-17-18-19-20-21-22-23-24-25-26-27-28-29-30-31-32-33-35-37-39-41-43-45-50(61)56(66)58-48(47-67-57-55(65)54(64)53(63)51(46-59)68-57)52(62)49(60)44-42-40-38-36-34-16-14-12-10-8-6-4-2/h12,14,23-24,36,38,48-55,57,59-65H,3-11,13,15-22,25-35,37,39-47H2,1-2H3,(H,58,66)/b14-12+,24-23-,38-36+. The fourth-order valence-corrected chi connectivity index (χ4v) is 8.98. The van der Waals surface area contributed by atoms with E-state index >= 15 is 0 Å². The van der Waals surface area contributed by atoms with E-state index < -0.39 is 74.2 Å². The first-order chi connectivity index (χ1) is 33.2. The first-order valence-electron chi connectivity index (χ1n) is 28.4. The maximum Gasteiger partial charge on any atom is 0.249 e. The number of aliphatic hydroxyl groups is 7. The van der Waals surface area contributed by atoms with Gasteiger partial charge in [0, 0.05) is 0 Å². The van der Waals surface area contributed by atoms with Crippen LogP contribution in [0.3, 0.4) is 0 Å². The van der Waals surface area contributed by atoms with Gasteiger partial charge in [-0.3, -0.25) is 4.79 Å². The second-order valence-corrected chi connectivity index (χ2v) is 20.0. The van der Waals surface area contributed by atoms with E-state index in [1.165, 1.54) is 167 Å². The fourth-order valence-electron chi connectivity index (χ4n) is 8.98. The van der Waals surface area contributed by atoms with Crippen LogP contribution in [-0.2, 0) is 14.3 Å². The van der Waals surface area contributed by atoms with Crippen molar-refractivity contribution in [2.75, 3.05) is 13.2 Å².